The standard InChI is InChI=1S/C23H37F3O/c1-22-12-11-19-18-9-6-17(23(24,25)26)14-15(18)5-8-20(19)21(22)10-7-16(22)4-3-13-27-2/h15-21H,3-14H2,1-2H3. The average molecular weight is 387 g/mol. The van der Waals surface area contributed by atoms with E-state index in [0.717, 1.165) is 37.2 Å². The van der Waals surface area contributed by atoms with E-state index in [1.807, 2.05) is 0 Å². The highest BCUT2D eigenvalue weighted by molar-refractivity contribution is 5.06. The molecule has 0 aromatic carbocycles. The van der Waals surface area contributed by atoms with Crippen molar-refractivity contribution in [3.05, 3.63) is 0 Å². The Morgan fingerprint density at radius 3 is 2.44 bits per heavy atom. The first-order chi connectivity index (χ1) is 12.8. The molecular formula is C23H37F3O. The molecule has 0 aromatic heterocycles. The summed E-state index contributed by atoms with van der Waals surface area (Å²) in [5.74, 6) is 3.06. The van der Waals surface area contributed by atoms with Gasteiger partial charge in [0.1, 0.15) is 0 Å². The lowest BCUT2D eigenvalue weighted by Gasteiger charge is -2.56. The molecule has 8 unspecified atom stereocenters. The van der Waals surface area contributed by atoms with E-state index in [-0.39, 0.29) is 0 Å². The fourth-order valence-electron chi connectivity index (χ4n) is 8.21. The van der Waals surface area contributed by atoms with Gasteiger partial charge < -0.3 is 4.74 Å². The van der Waals surface area contributed by atoms with E-state index in [1.54, 1.807) is 7.11 Å². The molecule has 0 aromatic rings. The molecule has 0 N–H and O–H groups in total. The molecule has 4 rings (SSSR count). The predicted octanol–water partition coefficient (Wildman–Crippen LogP) is 6.86. The van der Waals surface area contributed by atoms with Gasteiger partial charge in [0.15, 0.2) is 0 Å². The normalized spacial score (nSPS) is 47.2. The molecule has 4 heteroatoms. The number of methoxy groups -OCH3 is 1. The molecule has 156 valence electrons. The third-order valence-corrected chi connectivity index (χ3v) is 9.51. The van der Waals surface area contributed by atoms with Crippen LogP contribution in [-0.4, -0.2) is 19.9 Å². The first-order valence-corrected chi connectivity index (χ1v) is 11.4. The fourth-order valence-corrected chi connectivity index (χ4v) is 8.21. The molecule has 0 radical (unpaired) electrons. The van der Waals surface area contributed by atoms with Crippen LogP contribution in [0.2, 0.25) is 0 Å². The van der Waals surface area contributed by atoms with E-state index in [1.165, 1.54) is 44.9 Å². The minimum absolute atomic E-state index is 0.342. The second-order valence-electron chi connectivity index (χ2n) is 10.4. The highest BCUT2D eigenvalue weighted by Crippen LogP contribution is 2.65. The van der Waals surface area contributed by atoms with Crippen LogP contribution in [0.5, 0.6) is 0 Å². The van der Waals surface area contributed by atoms with Crippen molar-refractivity contribution in [2.45, 2.75) is 83.7 Å². The third-order valence-electron chi connectivity index (χ3n) is 9.51. The number of rotatable bonds is 4. The maximum Gasteiger partial charge on any atom is 0.391 e. The largest absolute Gasteiger partial charge is 0.391 e. The van der Waals surface area contributed by atoms with Crippen LogP contribution in [0.4, 0.5) is 13.2 Å². The molecule has 0 heterocycles. The van der Waals surface area contributed by atoms with Gasteiger partial charge in [-0.05, 0) is 112 Å². The Kier molecular flexibility index (Phi) is 5.59. The van der Waals surface area contributed by atoms with Gasteiger partial charge in [-0.15, -0.1) is 0 Å². The summed E-state index contributed by atoms with van der Waals surface area (Å²) in [6.07, 6.45) is 7.66. The van der Waals surface area contributed by atoms with Crippen molar-refractivity contribution in [1.82, 2.24) is 0 Å². The smallest absolute Gasteiger partial charge is 0.385 e. The highest BCUT2D eigenvalue weighted by Gasteiger charge is 2.57. The number of alkyl halides is 3. The third kappa shape index (κ3) is 3.57. The number of hydrogen-bond donors (Lipinski definition) is 0. The molecule has 0 aliphatic heterocycles. The summed E-state index contributed by atoms with van der Waals surface area (Å²) >= 11 is 0. The maximum atomic E-state index is 13.2. The molecule has 0 amide bonds. The topological polar surface area (TPSA) is 9.23 Å². The van der Waals surface area contributed by atoms with Crippen LogP contribution in [-0.2, 0) is 4.74 Å². The van der Waals surface area contributed by atoms with Crippen LogP contribution >= 0.6 is 0 Å². The molecule has 0 spiro atoms. The Hall–Kier alpha value is -0.250. The Bertz CT molecular complexity index is 518. The highest BCUT2D eigenvalue weighted by atomic mass is 19.4. The number of fused-ring (bicyclic) bond motifs is 5. The van der Waals surface area contributed by atoms with Crippen molar-refractivity contribution < 1.29 is 17.9 Å². The minimum atomic E-state index is -3.98. The maximum absolute atomic E-state index is 13.2. The average Bonchev–Trinajstić information content (AvgIpc) is 2.97. The van der Waals surface area contributed by atoms with Gasteiger partial charge >= 0.3 is 6.18 Å². The van der Waals surface area contributed by atoms with Crippen LogP contribution in [0.1, 0.15) is 77.6 Å². The van der Waals surface area contributed by atoms with Crippen molar-refractivity contribution in [2.24, 2.45) is 46.8 Å². The first-order valence-electron chi connectivity index (χ1n) is 11.4. The van der Waals surface area contributed by atoms with Crippen molar-refractivity contribution in [2.75, 3.05) is 13.7 Å². The van der Waals surface area contributed by atoms with E-state index in [0.29, 0.717) is 36.0 Å². The van der Waals surface area contributed by atoms with Crippen molar-refractivity contribution in [3.8, 4) is 0 Å². The van der Waals surface area contributed by atoms with E-state index in [2.05, 4.69) is 6.92 Å². The SMILES string of the molecule is COCCCC1CCC2C3CCC4CC(C(F)(F)F)CCC4C3CCC12C. The number of ether oxygens (including phenoxy) is 1. The van der Waals surface area contributed by atoms with Crippen LogP contribution in [0.25, 0.3) is 0 Å². The molecule has 8 atom stereocenters. The summed E-state index contributed by atoms with van der Waals surface area (Å²) in [5, 5.41) is 0. The fraction of sp³-hybridized carbons (Fsp3) is 1.00. The predicted molar refractivity (Wildman–Crippen MR) is 101 cm³/mol. The minimum Gasteiger partial charge on any atom is -0.385 e. The van der Waals surface area contributed by atoms with Crippen LogP contribution in [0.3, 0.4) is 0 Å². The van der Waals surface area contributed by atoms with Crippen molar-refractivity contribution in [3.63, 3.8) is 0 Å². The molecule has 4 saturated carbocycles. The summed E-state index contributed by atoms with van der Waals surface area (Å²) in [6, 6.07) is 0. The van der Waals surface area contributed by atoms with Crippen LogP contribution < -0.4 is 0 Å². The van der Waals surface area contributed by atoms with Gasteiger partial charge in [0.2, 0.25) is 0 Å². The quantitative estimate of drug-likeness (QED) is 0.480. The molecular weight excluding hydrogens is 349 g/mol. The van der Waals surface area contributed by atoms with Crippen LogP contribution in [0, 0.1) is 46.8 Å². The van der Waals surface area contributed by atoms with Crippen molar-refractivity contribution >= 4 is 0 Å². The Morgan fingerprint density at radius 1 is 0.926 bits per heavy atom. The number of hydrogen-bond acceptors (Lipinski definition) is 1. The molecule has 1 nitrogen and oxygen atoms in total. The first kappa shape index (κ1) is 20.0. The molecule has 4 aliphatic carbocycles. The van der Waals surface area contributed by atoms with Gasteiger partial charge in [0.25, 0.3) is 0 Å². The zero-order valence-corrected chi connectivity index (χ0v) is 17.1. The van der Waals surface area contributed by atoms with Crippen LogP contribution in [0.15, 0.2) is 0 Å². The van der Waals surface area contributed by atoms with Crippen molar-refractivity contribution in [1.29, 1.82) is 0 Å². The molecule has 0 bridgehead atoms. The Balaban J connectivity index is 1.43. The second kappa shape index (κ2) is 7.54. The van der Waals surface area contributed by atoms with E-state index in [4.69, 9.17) is 4.74 Å². The Labute approximate surface area is 162 Å². The zero-order valence-electron chi connectivity index (χ0n) is 17.1. The molecule has 0 saturated heterocycles. The lowest BCUT2D eigenvalue weighted by atomic mass is 9.49. The summed E-state index contributed by atoms with van der Waals surface area (Å²) in [5.41, 5.74) is 0.477. The lowest BCUT2D eigenvalue weighted by Crippen LogP contribution is -2.49. The van der Waals surface area contributed by atoms with Gasteiger partial charge in [0, 0.05) is 13.7 Å². The van der Waals surface area contributed by atoms with Gasteiger partial charge in [-0.2, -0.15) is 13.2 Å². The van der Waals surface area contributed by atoms with Gasteiger partial charge in [-0.1, -0.05) is 6.92 Å². The van der Waals surface area contributed by atoms with E-state index >= 15 is 0 Å². The number of halogens is 3. The molecule has 27 heavy (non-hydrogen) atoms. The molecule has 4 fully saturated rings. The van der Waals surface area contributed by atoms with E-state index in [9.17, 15) is 13.2 Å². The second-order valence-corrected chi connectivity index (χ2v) is 10.4. The lowest BCUT2D eigenvalue weighted by molar-refractivity contribution is -0.196. The molecule has 4 aliphatic rings. The van der Waals surface area contributed by atoms with E-state index < -0.39 is 12.1 Å². The van der Waals surface area contributed by atoms with Gasteiger partial charge in [-0.3, -0.25) is 0 Å². The summed E-state index contributed by atoms with van der Waals surface area (Å²) in [6.45, 7) is 3.42. The summed E-state index contributed by atoms with van der Waals surface area (Å²) < 4.78 is 44.9. The summed E-state index contributed by atoms with van der Waals surface area (Å²) in [7, 11) is 1.79. The monoisotopic (exact) mass is 386 g/mol. The van der Waals surface area contributed by atoms with Gasteiger partial charge in [-0.25, -0.2) is 0 Å². The zero-order chi connectivity index (χ0) is 19.2. The summed E-state index contributed by atoms with van der Waals surface area (Å²) in [4.78, 5) is 0. The van der Waals surface area contributed by atoms with Gasteiger partial charge in [0.05, 0.1) is 5.92 Å². The Morgan fingerprint density at radius 2 is 1.70 bits per heavy atom.